The normalized spacial score (nSPS) is 14.5. The van der Waals surface area contributed by atoms with Crippen molar-refractivity contribution in [3.63, 3.8) is 0 Å². The summed E-state index contributed by atoms with van der Waals surface area (Å²) < 4.78 is 10.9. The molecule has 9 heteroatoms. The molecule has 3 aromatic carbocycles. The molecule has 0 aliphatic carbocycles. The van der Waals surface area contributed by atoms with E-state index in [4.69, 9.17) is 32.7 Å². The van der Waals surface area contributed by atoms with Gasteiger partial charge in [-0.15, -0.1) is 0 Å². The number of methoxy groups -OCH3 is 1. The zero-order valence-corrected chi connectivity index (χ0v) is 21.0. The molecule has 0 aromatic heterocycles. The van der Waals surface area contributed by atoms with Gasteiger partial charge in [0.05, 0.1) is 24.1 Å². The maximum Gasteiger partial charge on any atom is 0.343 e. The highest BCUT2D eigenvalue weighted by Gasteiger charge is 2.35. The number of esters is 1. The van der Waals surface area contributed by atoms with E-state index in [0.29, 0.717) is 32.5 Å². The first-order valence-electron chi connectivity index (χ1n) is 10.4. The average molecular weight is 528 g/mol. The van der Waals surface area contributed by atoms with Crippen molar-refractivity contribution in [2.45, 2.75) is 13.5 Å². The van der Waals surface area contributed by atoms with Gasteiger partial charge >= 0.3 is 5.97 Å². The summed E-state index contributed by atoms with van der Waals surface area (Å²) in [6.07, 6.45) is 1.56. The van der Waals surface area contributed by atoms with Crippen molar-refractivity contribution in [2.75, 3.05) is 7.11 Å². The number of aryl methyl sites for hydroxylation is 1. The molecule has 1 aliphatic rings. The highest BCUT2D eigenvalue weighted by atomic mass is 35.5. The summed E-state index contributed by atoms with van der Waals surface area (Å²) in [6, 6.07) is 16.9. The average Bonchev–Trinajstić information content (AvgIpc) is 3.09. The highest BCUT2D eigenvalue weighted by molar-refractivity contribution is 8.18. The molecule has 0 unspecified atom stereocenters. The number of ether oxygens (including phenoxy) is 2. The molecule has 1 heterocycles. The number of imide groups is 1. The van der Waals surface area contributed by atoms with E-state index in [1.807, 2.05) is 19.1 Å². The molecule has 6 nitrogen and oxygen atoms in total. The Kier molecular flexibility index (Phi) is 7.50. The summed E-state index contributed by atoms with van der Waals surface area (Å²) in [6.45, 7) is 1.88. The van der Waals surface area contributed by atoms with Crippen molar-refractivity contribution in [2.24, 2.45) is 0 Å². The van der Waals surface area contributed by atoms with Crippen LogP contribution in [0.25, 0.3) is 6.08 Å². The van der Waals surface area contributed by atoms with Gasteiger partial charge in [-0.25, -0.2) is 4.79 Å². The van der Waals surface area contributed by atoms with Crippen molar-refractivity contribution in [1.82, 2.24) is 4.90 Å². The Morgan fingerprint density at radius 3 is 2.34 bits per heavy atom. The number of hydrogen-bond acceptors (Lipinski definition) is 6. The van der Waals surface area contributed by atoms with Gasteiger partial charge in [-0.3, -0.25) is 14.5 Å². The van der Waals surface area contributed by atoms with Crippen molar-refractivity contribution in [3.05, 3.63) is 97.9 Å². The van der Waals surface area contributed by atoms with Gasteiger partial charge in [0.2, 0.25) is 0 Å². The fourth-order valence-corrected chi connectivity index (χ4v) is 4.70. The molecule has 3 aromatic rings. The van der Waals surface area contributed by atoms with Crippen LogP contribution in [0.1, 0.15) is 27.0 Å². The zero-order chi connectivity index (χ0) is 25.1. The number of rotatable bonds is 6. The quantitative estimate of drug-likeness (QED) is 0.200. The Hall–Kier alpha value is -3.26. The van der Waals surface area contributed by atoms with Crippen LogP contribution in [0, 0.1) is 6.92 Å². The van der Waals surface area contributed by atoms with Crippen LogP contribution in [-0.2, 0) is 11.3 Å². The van der Waals surface area contributed by atoms with E-state index in [0.717, 1.165) is 22.2 Å². The Morgan fingerprint density at radius 2 is 1.69 bits per heavy atom. The lowest BCUT2D eigenvalue weighted by molar-refractivity contribution is -0.123. The molecule has 4 rings (SSSR count). The van der Waals surface area contributed by atoms with Crippen LogP contribution in [0.2, 0.25) is 10.0 Å². The summed E-state index contributed by atoms with van der Waals surface area (Å²) in [5.74, 6) is -0.472. The van der Waals surface area contributed by atoms with E-state index >= 15 is 0 Å². The molecular formula is C26H19Cl2NO5S. The maximum atomic E-state index is 13.0. The largest absolute Gasteiger partial charge is 0.493 e. The molecule has 0 radical (unpaired) electrons. The van der Waals surface area contributed by atoms with Crippen LogP contribution < -0.4 is 9.47 Å². The summed E-state index contributed by atoms with van der Waals surface area (Å²) in [5, 5.41) is 0.309. The third-order valence-electron chi connectivity index (χ3n) is 5.23. The molecule has 35 heavy (non-hydrogen) atoms. The molecule has 178 valence electrons. The van der Waals surface area contributed by atoms with E-state index < -0.39 is 17.1 Å². The van der Waals surface area contributed by atoms with Gasteiger partial charge in [0.1, 0.15) is 0 Å². The van der Waals surface area contributed by atoms with Gasteiger partial charge in [-0.2, -0.15) is 0 Å². The smallest absolute Gasteiger partial charge is 0.343 e. The molecule has 0 saturated carbocycles. The van der Waals surface area contributed by atoms with Gasteiger partial charge in [-0.05, 0) is 66.7 Å². The van der Waals surface area contributed by atoms with Crippen LogP contribution >= 0.6 is 35.0 Å². The molecular weight excluding hydrogens is 509 g/mol. The topological polar surface area (TPSA) is 72.9 Å². The predicted molar refractivity (Wildman–Crippen MR) is 137 cm³/mol. The molecule has 0 spiro atoms. The number of carbonyl (C=O) groups is 3. The third kappa shape index (κ3) is 5.53. The molecule has 0 bridgehead atoms. The van der Waals surface area contributed by atoms with Gasteiger partial charge in [0.15, 0.2) is 11.5 Å². The number of carbonyl (C=O) groups excluding carboxylic acids is 3. The lowest BCUT2D eigenvalue weighted by Gasteiger charge is -2.14. The summed E-state index contributed by atoms with van der Waals surface area (Å²) >= 11 is 13.2. The van der Waals surface area contributed by atoms with Crippen LogP contribution in [0.4, 0.5) is 4.79 Å². The lowest BCUT2D eigenvalue weighted by atomic mass is 10.1. The number of thioether (sulfide) groups is 1. The minimum absolute atomic E-state index is 0.0391. The molecule has 1 saturated heterocycles. The van der Waals surface area contributed by atoms with Crippen LogP contribution in [0.3, 0.4) is 0 Å². The van der Waals surface area contributed by atoms with Crippen LogP contribution in [0.5, 0.6) is 11.5 Å². The van der Waals surface area contributed by atoms with Gasteiger partial charge < -0.3 is 9.47 Å². The highest BCUT2D eigenvalue weighted by Crippen LogP contribution is 2.37. The predicted octanol–water partition coefficient (Wildman–Crippen LogP) is 6.77. The van der Waals surface area contributed by atoms with E-state index in [1.165, 1.54) is 7.11 Å². The van der Waals surface area contributed by atoms with Crippen molar-refractivity contribution in [3.8, 4) is 11.5 Å². The second kappa shape index (κ2) is 10.6. The van der Waals surface area contributed by atoms with E-state index in [2.05, 4.69) is 0 Å². The first kappa shape index (κ1) is 24.9. The Bertz CT molecular complexity index is 1330. The molecule has 2 amide bonds. The SMILES string of the molecule is COc1ccc(/C=C2\SC(=O)N(Cc3c(Cl)cccc3Cl)C2=O)cc1OC(=O)c1ccc(C)cc1. The molecule has 0 N–H and O–H groups in total. The zero-order valence-electron chi connectivity index (χ0n) is 18.7. The number of nitrogens with zero attached hydrogens (tertiary/aromatic N) is 1. The Morgan fingerprint density at radius 1 is 1.00 bits per heavy atom. The first-order valence-corrected chi connectivity index (χ1v) is 12.0. The van der Waals surface area contributed by atoms with Crippen molar-refractivity contribution < 1.29 is 23.9 Å². The first-order chi connectivity index (χ1) is 16.8. The Balaban J connectivity index is 1.57. The number of halogens is 2. The van der Waals surface area contributed by atoms with Crippen molar-refractivity contribution >= 4 is 58.2 Å². The number of benzene rings is 3. The minimum atomic E-state index is -0.544. The second-order valence-corrected chi connectivity index (χ2v) is 9.44. The van der Waals surface area contributed by atoms with E-state index in [-0.39, 0.29) is 17.2 Å². The number of amides is 2. The fourth-order valence-electron chi connectivity index (χ4n) is 3.34. The van der Waals surface area contributed by atoms with Crippen molar-refractivity contribution in [1.29, 1.82) is 0 Å². The van der Waals surface area contributed by atoms with E-state index in [9.17, 15) is 14.4 Å². The summed E-state index contributed by atoms with van der Waals surface area (Å²) in [7, 11) is 1.46. The monoisotopic (exact) mass is 527 g/mol. The van der Waals surface area contributed by atoms with Gasteiger partial charge in [-0.1, -0.05) is 53.0 Å². The standard InChI is InChI=1S/C26H19Cl2NO5S/c1-15-6-9-17(10-7-15)25(31)34-22-12-16(8-11-21(22)33-2)13-23-24(30)29(26(32)35-23)14-18-19(27)4-3-5-20(18)28/h3-13H,14H2,1-2H3/b23-13-. The minimum Gasteiger partial charge on any atom is -0.493 e. The lowest BCUT2D eigenvalue weighted by Crippen LogP contribution is -2.27. The van der Waals surface area contributed by atoms with E-state index in [1.54, 1.807) is 54.6 Å². The van der Waals surface area contributed by atoms with Crippen LogP contribution in [0.15, 0.2) is 65.6 Å². The van der Waals surface area contributed by atoms with Crippen LogP contribution in [-0.4, -0.2) is 29.1 Å². The van der Waals surface area contributed by atoms with Gasteiger partial charge in [0, 0.05) is 15.6 Å². The fraction of sp³-hybridized carbons (Fsp3) is 0.115. The molecule has 0 atom stereocenters. The summed E-state index contributed by atoms with van der Waals surface area (Å²) in [5.41, 5.74) is 2.46. The maximum absolute atomic E-state index is 13.0. The molecule has 1 fully saturated rings. The number of hydrogen-bond donors (Lipinski definition) is 0. The third-order valence-corrected chi connectivity index (χ3v) is 6.84. The summed E-state index contributed by atoms with van der Waals surface area (Å²) in [4.78, 5) is 39.4. The second-order valence-electron chi connectivity index (χ2n) is 7.63. The molecule has 1 aliphatic heterocycles. The Labute approximate surface area is 216 Å². The van der Waals surface area contributed by atoms with Gasteiger partial charge in [0.25, 0.3) is 11.1 Å².